The fourth-order valence-corrected chi connectivity index (χ4v) is 3.01. The van der Waals surface area contributed by atoms with Gasteiger partial charge in [-0.25, -0.2) is 9.67 Å². The molecule has 8 heteroatoms. The predicted molar refractivity (Wildman–Crippen MR) is 133 cm³/mol. The lowest BCUT2D eigenvalue weighted by molar-refractivity contribution is 0.0689. The Hall–Kier alpha value is -1.65. The van der Waals surface area contributed by atoms with Gasteiger partial charge in [-0.2, -0.15) is 5.10 Å². The van der Waals surface area contributed by atoms with Crippen LogP contribution < -0.4 is 10.6 Å². The van der Waals surface area contributed by atoms with Crippen LogP contribution in [0.5, 0.6) is 0 Å². The monoisotopic (exact) mass is 529 g/mol. The fourth-order valence-electron chi connectivity index (χ4n) is 3.01. The highest BCUT2D eigenvalue weighted by molar-refractivity contribution is 14.0. The van der Waals surface area contributed by atoms with Crippen LogP contribution in [-0.2, 0) is 16.0 Å². The van der Waals surface area contributed by atoms with E-state index in [2.05, 4.69) is 47.8 Å². The van der Waals surface area contributed by atoms with Gasteiger partial charge >= 0.3 is 0 Å². The number of hydrogen-bond acceptors (Lipinski definition) is 4. The van der Waals surface area contributed by atoms with Gasteiger partial charge in [-0.1, -0.05) is 18.2 Å². The molecule has 2 rings (SSSR count). The topological polar surface area (TPSA) is 72.7 Å². The Balaban J connectivity index is 0.00000450. The smallest absolute Gasteiger partial charge is 0.191 e. The number of hydrogen-bond donors (Lipinski definition) is 2. The van der Waals surface area contributed by atoms with Gasteiger partial charge in [-0.3, -0.25) is 0 Å². The number of nitrogens with zero attached hydrogens (tertiary/aromatic N) is 3. The number of ether oxygens (including phenoxy) is 2. The number of para-hydroxylation sites is 1. The minimum Gasteiger partial charge on any atom is -0.382 e. The molecule has 1 aromatic carbocycles. The van der Waals surface area contributed by atoms with Crippen LogP contribution in [0.25, 0.3) is 5.69 Å². The molecule has 0 unspecified atom stereocenters. The molecular formula is C22H36IN5O2. The number of aliphatic imine (C=N–C) groups is 1. The van der Waals surface area contributed by atoms with Gasteiger partial charge in [0.2, 0.25) is 0 Å². The van der Waals surface area contributed by atoms with Crippen molar-refractivity contribution in [3.8, 4) is 5.69 Å². The number of guanidine groups is 1. The molecule has 168 valence electrons. The van der Waals surface area contributed by atoms with Crippen LogP contribution in [0.2, 0.25) is 0 Å². The van der Waals surface area contributed by atoms with Crippen molar-refractivity contribution in [2.45, 2.75) is 40.2 Å². The highest BCUT2D eigenvalue weighted by atomic mass is 127. The molecule has 0 aliphatic rings. The van der Waals surface area contributed by atoms with E-state index in [0.717, 1.165) is 61.1 Å². The molecule has 0 aliphatic heterocycles. The third-order valence-corrected chi connectivity index (χ3v) is 4.42. The van der Waals surface area contributed by atoms with E-state index in [4.69, 9.17) is 14.5 Å². The number of halogens is 1. The maximum absolute atomic E-state index is 5.49. The average Bonchev–Trinajstić information content (AvgIpc) is 3.06. The van der Waals surface area contributed by atoms with E-state index >= 15 is 0 Å². The summed E-state index contributed by atoms with van der Waals surface area (Å²) in [4.78, 5) is 4.77. The summed E-state index contributed by atoms with van der Waals surface area (Å²) in [7, 11) is 1.69. The summed E-state index contributed by atoms with van der Waals surface area (Å²) in [5.41, 5.74) is 4.35. The number of aromatic nitrogens is 2. The number of rotatable bonds is 12. The van der Waals surface area contributed by atoms with Gasteiger partial charge < -0.3 is 20.1 Å². The first kappa shape index (κ1) is 26.4. The Labute approximate surface area is 197 Å². The first-order chi connectivity index (χ1) is 14.2. The molecule has 2 aromatic rings. The standard InChI is InChI=1S/C22H35N5O2.HI/c1-5-23-22(24-12-8-9-13-29-15-14-28-4)25-17-20-10-6-7-11-21(20)27-19(3)16-18(2)26-27;/h6-7,10-11,16H,5,8-9,12-15,17H2,1-4H3,(H2,23,24,25);1H. The molecule has 1 aromatic heterocycles. The molecule has 0 spiro atoms. The summed E-state index contributed by atoms with van der Waals surface area (Å²) < 4.78 is 12.5. The maximum atomic E-state index is 5.49. The van der Waals surface area contributed by atoms with Gasteiger partial charge in [0, 0.05) is 32.5 Å². The van der Waals surface area contributed by atoms with Crippen molar-refractivity contribution >= 4 is 29.9 Å². The Morgan fingerprint density at radius 3 is 2.60 bits per heavy atom. The lowest BCUT2D eigenvalue weighted by Crippen LogP contribution is -2.37. The van der Waals surface area contributed by atoms with E-state index in [0.29, 0.717) is 19.8 Å². The van der Waals surface area contributed by atoms with E-state index < -0.39 is 0 Å². The molecular weight excluding hydrogens is 493 g/mol. The van der Waals surface area contributed by atoms with Gasteiger partial charge in [0.15, 0.2) is 5.96 Å². The van der Waals surface area contributed by atoms with Gasteiger partial charge in [0.05, 0.1) is 31.1 Å². The van der Waals surface area contributed by atoms with Crippen LogP contribution in [0.1, 0.15) is 36.7 Å². The summed E-state index contributed by atoms with van der Waals surface area (Å²) in [6.07, 6.45) is 2.04. The number of methoxy groups -OCH3 is 1. The molecule has 0 fully saturated rings. The molecule has 0 radical (unpaired) electrons. The minimum atomic E-state index is 0. The number of benzene rings is 1. The quantitative estimate of drug-likeness (QED) is 0.190. The molecule has 0 aliphatic carbocycles. The molecule has 0 atom stereocenters. The van der Waals surface area contributed by atoms with Crippen molar-refractivity contribution in [2.24, 2.45) is 4.99 Å². The first-order valence-corrected chi connectivity index (χ1v) is 10.4. The fraction of sp³-hybridized carbons (Fsp3) is 0.545. The van der Waals surface area contributed by atoms with Crippen molar-refractivity contribution < 1.29 is 9.47 Å². The third kappa shape index (κ3) is 9.01. The second-order valence-corrected chi connectivity index (χ2v) is 6.90. The molecule has 2 N–H and O–H groups in total. The van der Waals surface area contributed by atoms with Gasteiger partial charge in [0.25, 0.3) is 0 Å². The van der Waals surface area contributed by atoms with E-state index in [9.17, 15) is 0 Å². The highest BCUT2D eigenvalue weighted by Crippen LogP contribution is 2.17. The van der Waals surface area contributed by atoms with Crippen LogP contribution >= 0.6 is 24.0 Å². The Morgan fingerprint density at radius 2 is 1.90 bits per heavy atom. The zero-order valence-corrected chi connectivity index (χ0v) is 20.9. The summed E-state index contributed by atoms with van der Waals surface area (Å²) in [5, 5.41) is 11.3. The molecule has 30 heavy (non-hydrogen) atoms. The third-order valence-electron chi connectivity index (χ3n) is 4.42. The second-order valence-electron chi connectivity index (χ2n) is 6.90. The maximum Gasteiger partial charge on any atom is 0.191 e. The number of aryl methyl sites for hydroxylation is 2. The van der Waals surface area contributed by atoms with Crippen LogP contribution in [-0.4, -0.2) is 55.8 Å². The largest absolute Gasteiger partial charge is 0.382 e. The lowest BCUT2D eigenvalue weighted by Gasteiger charge is -2.13. The van der Waals surface area contributed by atoms with Crippen LogP contribution in [0.3, 0.4) is 0 Å². The van der Waals surface area contributed by atoms with Crippen molar-refractivity contribution in [1.82, 2.24) is 20.4 Å². The zero-order valence-electron chi connectivity index (χ0n) is 18.6. The van der Waals surface area contributed by atoms with E-state index in [1.165, 1.54) is 0 Å². The van der Waals surface area contributed by atoms with Crippen LogP contribution in [0.15, 0.2) is 35.3 Å². The van der Waals surface area contributed by atoms with Gasteiger partial charge in [-0.05, 0) is 51.3 Å². The molecule has 0 amide bonds. The van der Waals surface area contributed by atoms with Crippen molar-refractivity contribution in [1.29, 1.82) is 0 Å². The minimum absolute atomic E-state index is 0. The number of unbranched alkanes of at least 4 members (excludes halogenated alkanes) is 1. The predicted octanol–water partition coefficient (Wildman–Crippen LogP) is 3.61. The average molecular weight is 529 g/mol. The summed E-state index contributed by atoms with van der Waals surface area (Å²) in [5.74, 6) is 0.830. The van der Waals surface area contributed by atoms with E-state index in [1.807, 2.05) is 23.7 Å². The molecule has 0 saturated heterocycles. The normalized spacial score (nSPS) is 11.3. The highest BCUT2D eigenvalue weighted by Gasteiger charge is 2.08. The Morgan fingerprint density at radius 1 is 1.10 bits per heavy atom. The Kier molecular flexibility index (Phi) is 13.4. The Bertz CT molecular complexity index is 764. The summed E-state index contributed by atoms with van der Waals surface area (Å²) >= 11 is 0. The molecule has 0 bridgehead atoms. The number of nitrogens with one attached hydrogen (secondary N) is 2. The van der Waals surface area contributed by atoms with Gasteiger partial charge in [-0.15, -0.1) is 24.0 Å². The van der Waals surface area contributed by atoms with Gasteiger partial charge in [0.1, 0.15) is 0 Å². The zero-order chi connectivity index (χ0) is 20.9. The summed E-state index contributed by atoms with van der Waals surface area (Å²) in [6, 6.07) is 10.4. The molecule has 0 saturated carbocycles. The van der Waals surface area contributed by atoms with E-state index in [1.54, 1.807) is 7.11 Å². The van der Waals surface area contributed by atoms with Crippen molar-refractivity contribution in [3.63, 3.8) is 0 Å². The van der Waals surface area contributed by atoms with Crippen molar-refractivity contribution in [3.05, 3.63) is 47.3 Å². The van der Waals surface area contributed by atoms with Crippen LogP contribution in [0.4, 0.5) is 0 Å². The second kappa shape index (κ2) is 15.2. The van der Waals surface area contributed by atoms with Crippen LogP contribution in [0, 0.1) is 13.8 Å². The lowest BCUT2D eigenvalue weighted by atomic mass is 10.2. The molecule has 7 nitrogen and oxygen atoms in total. The first-order valence-electron chi connectivity index (χ1n) is 10.4. The SMILES string of the molecule is CCNC(=NCc1ccccc1-n1nc(C)cc1C)NCCCCOCCOC.I. The van der Waals surface area contributed by atoms with E-state index in [-0.39, 0.29) is 24.0 Å². The summed E-state index contributed by atoms with van der Waals surface area (Å²) in [6.45, 7) is 10.5. The molecule has 1 heterocycles. The van der Waals surface area contributed by atoms with Crippen molar-refractivity contribution in [2.75, 3.05) is 40.0 Å².